The lowest BCUT2D eigenvalue weighted by Gasteiger charge is -2.22. The molecule has 20 heavy (non-hydrogen) atoms. The summed E-state index contributed by atoms with van der Waals surface area (Å²) in [5, 5.41) is 2.78. The summed E-state index contributed by atoms with van der Waals surface area (Å²) in [6.07, 6.45) is 4.51. The standard InChI is InChI=1S/C12H18BrN3O3S/c1-14-12-11(6-9(13)7-15-12)20(17,18)16-8-10-4-2-3-5-19-10/h6-7,10,16H,2-5,8H2,1H3,(H,14,15). The molecule has 112 valence electrons. The van der Waals surface area contributed by atoms with Crippen LogP contribution in [0.15, 0.2) is 21.6 Å². The Morgan fingerprint density at radius 1 is 1.50 bits per heavy atom. The first-order chi connectivity index (χ1) is 9.53. The first-order valence-electron chi connectivity index (χ1n) is 6.47. The summed E-state index contributed by atoms with van der Waals surface area (Å²) < 4.78 is 33.4. The van der Waals surface area contributed by atoms with E-state index in [9.17, 15) is 8.42 Å². The highest BCUT2D eigenvalue weighted by Crippen LogP contribution is 2.22. The van der Waals surface area contributed by atoms with Crippen LogP contribution in [-0.2, 0) is 14.8 Å². The average molecular weight is 364 g/mol. The van der Waals surface area contributed by atoms with Crippen LogP contribution in [-0.4, -0.2) is 39.7 Å². The third-order valence-corrected chi connectivity index (χ3v) is 4.99. The highest BCUT2D eigenvalue weighted by Gasteiger charge is 2.22. The topological polar surface area (TPSA) is 80.3 Å². The van der Waals surface area contributed by atoms with Gasteiger partial charge in [0.2, 0.25) is 10.0 Å². The summed E-state index contributed by atoms with van der Waals surface area (Å²) in [6, 6.07) is 1.53. The molecular formula is C12H18BrN3O3S. The SMILES string of the molecule is CNc1ncc(Br)cc1S(=O)(=O)NCC1CCCCO1. The lowest BCUT2D eigenvalue weighted by molar-refractivity contribution is 0.0200. The molecule has 0 saturated carbocycles. The van der Waals surface area contributed by atoms with Crippen molar-refractivity contribution in [2.75, 3.05) is 25.5 Å². The number of rotatable bonds is 5. The fraction of sp³-hybridized carbons (Fsp3) is 0.583. The van der Waals surface area contributed by atoms with Crippen LogP contribution in [0.4, 0.5) is 5.82 Å². The molecule has 1 unspecified atom stereocenters. The zero-order chi connectivity index (χ0) is 14.6. The van der Waals surface area contributed by atoms with Crippen molar-refractivity contribution in [3.63, 3.8) is 0 Å². The van der Waals surface area contributed by atoms with Crippen molar-refractivity contribution in [2.45, 2.75) is 30.3 Å². The monoisotopic (exact) mass is 363 g/mol. The Kier molecular flexibility index (Phi) is 5.36. The third-order valence-electron chi connectivity index (χ3n) is 3.12. The first kappa shape index (κ1) is 15.7. The zero-order valence-corrected chi connectivity index (χ0v) is 13.6. The smallest absolute Gasteiger partial charge is 0.244 e. The minimum Gasteiger partial charge on any atom is -0.377 e. The van der Waals surface area contributed by atoms with Crippen LogP contribution in [0.2, 0.25) is 0 Å². The predicted molar refractivity (Wildman–Crippen MR) is 80.3 cm³/mol. The van der Waals surface area contributed by atoms with E-state index in [4.69, 9.17) is 4.74 Å². The number of hydrogen-bond donors (Lipinski definition) is 2. The van der Waals surface area contributed by atoms with Gasteiger partial charge in [-0.1, -0.05) is 0 Å². The van der Waals surface area contributed by atoms with Crippen molar-refractivity contribution in [3.8, 4) is 0 Å². The van der Waals surface area contributed by atoms with E-state index in [0.717, 1.165) is 19.3 Å². The van der Waals surface area contributed by atoms with Gasteiger partial charge in [0.15, 0.2) is 0 Å². The van der Waals surface area contributed by atoms with Crippen LogP contribution in [0, 0.1) is 0 Å². The zero-order valence-electron chi connectivity index (χ0n) is 11.2. The summed E-state index contributed by atoms with van der Waals surface area (Å²) in [6.45, 7) is 0.991. The second-order valence-electron chi connectivity index (χ2n) is 4.59. The van der Waals surface area contributed by atoms with E-state index in [1.165, 1.54) is 6.07 Å². The lowest BCUT2D eigenvalue weighted by atomic mass is 10.1. The van der Waals surface area contributed by atoms with Crippen LogP contribution in [0.25, 0.3) is 0 Å². The van der Waals surface area contributed by atoms with Gasteiger partial charge in [-0.25, -0.2) is 18.1 Å². The Labute approximate surface area is 127 Å². The minimum absolute atomic E-state index is 0.0447. The van der Waals surface area contributed by atoms with Crippen molar-refractivity contribution in [2.24, 2.45) is 0 Å². The van der Waals surface area contributed by atoms with Gasteiger partial charge in [-0.15, -0.1) is 0 Å². The Hall–Kier alpha value is -0.700. The maximum Gasteiger partial charge on any atom is 0.244 e. The fourth-order valence-electron chi connectivity index (χ4n) is 2.06. The maximum atomic E-state index is 12.3. The molecule has 0 bridgehead atoms. The highest BCUT2D eigenvalue weighted by atomic mass is 79.9. The van der Waals surface area contributed by atoms with Gasteiger partial charge in [0.25, 0.3) is 0 Å². The molecule has 0 radical (unpaired) electrons. The van der Waals surface area contributed by atoms with Crippen molar-refractivity contribution < 1.29 is 13.2 Å². The van der Waals surface area contributed by atoms with Crippen LogP contribution in [0.3, 0.4) is 0 Å². The number of ether oxygens (including phenoxy) is 1. The Balaban J connectivity index is 2.11. The number of nitrogens with one attached hydrogen (secondary N) is 2. The molecule has 1 atom stereocenters. The molecule has 1 aromatic heterocycles. The van der Waals surface area contributed by atoms with Gasteiger partial charge >= 0.3 is 0 Å². The van der Waals surface area contributed by atoms with E-state index in [1.54, 1.807) is 13.2 Å². The highest BCUT2D eigenvalue weighted by molar-refractivity contribution is 9.10. The minimum atomic E-state index is -3.61. The van der Waals surface area contributed by atoms with Crippen molar-refractivity contribution in [1.82, 2.24) is 9.71 Å². The van der Waals surface area contributed by atoms with Gasteiger partial charge in [0.1, 0.15) is 10.7 Å². The van der Waals surface area contributed by atoms with Crippen LogP contribution in [0.5, 0.6) is 0 Å². The second-order valence-corrected chi connectivity index (χ2v) is 7.24. The molecule has 8 heteroatoms. The van der Waals surface area contributed by atoms with Crippen molar-refractivity contribution >= 4 is 31.8 Å². The van der Waals surface area contributed by atoms with Crippen molar-refractivity contribution in [3.05, 3.63) is 16.7 Å². The summed E-state index contributed by atoms with van der Waals surface area (Å²) in [7, 11) is -1.97. The summed E-state index contributed by atoms with van der Waals surface area (Å²) in [5.74, 6) is 0.324. The predicted octanol–water partition coefficient (Wildman–Crippen LogP) is 1.73. The molecule has 1 aromatic rings. The van der Waals surface area contributed by atoms with E-state index in [-0.39, 0.29) is 17.5 Å². The number of pyridine rings is 1. The van der Waals surface area contributed by atoms with E-state index >= 15 is 0 Å². The van der Waals surface area contributed by atoms with E-state index in [1.807, 2.05) is 0 Å². The van der Waals surface area contributed by atoms with Crippen LogP contribution in [0.1, 0.15) is 19.3 Å². The third kappa shape index (κ3) is 3.91. The first-order valence-corrected chi connectivity index (χ1v) is 8.75. The molecule has 1 aliphatic heterocycles. The molecule has 2 rings (SSSR count). The molecule has 1 fully saturated rings. The molecule has 0 aliphatic carbocycles. The summed E-state index contributed by atoms with van der Waals surface area (Å²) in [4.78, 5) is 4.18. The largest absolute Gasteiger partial charge is 0.377 e. The number of aromatic nitrogens is 1. The van der Waals surface area contributed by atoms with Gasteiger partial charge in [-0.2, -0.15) is 0 Å². The molecule has 0 spiro atoms. The fourth-order valence-corrected chi connectivity index (χ4v) is 3.80. The normalized spacial score (nSPS) is 19.8. The molecular weight excluding hydrogens is 346 g/mol. The van der Waals surface area contributed by atoms with Gasteiger partial charge < -0.3 is 10.1 Å². The number of anilines is 1. The Morgan fingerprint density at radius 3 is 2.95 bits per heavy atom. The Bertz CT molecular complexity index is 559. The lowest BCUT2D eigenvalue weighted by Crippen LogP contribution is -2.35. The number of halogens is 1. The van der Waals surface area contributed by atoms with Gasteiger partial charge in [-0.3, -0.25) is 0 Å². The van der Waals surface area contributed by atoms with Gasteiger partial charge in [-0.05, 0) is 41.3 Å². The van der Waals surface area contributed by atoms with Gasteiger partial charge in [0.05, 0.1) is 6.10 Å². The van der Waals surface area contributed by atoms with Crippen molar-refractivity contribution in [1.29, 1.82) is 0 Å². The average Bonchev–Trinajstić information content (AvgIpc) is 2.46. The molecule has 1 saturated heterocycles. The van der Waals surface area contributed by atoms with E-state index < -0.39 is 10.0 Å². The number of sulfonamides is 1. The molecule has 2 N–H and O–H groups in total. The molecule has 0 aromatic carbocycles. The van der Waals surface area contributed by atoms with Crippen LogP contribution >= 0.6 is 15.9 Å². The van der Waals surface area contributed by atoms with Gasteiger partial charge in [0, 0.05) is 30.9 Å². The summed E-state index contributed by atoms with van der Waals surface area (Å²) >= 11 is 3.24. The maximum absolute atomic E-state index is 12.3. The second kappa shape index (κ2) is 6.84. The summed E-state index contributed by atoms with van der Waals surface area (Å²) in [5.41, 5.74) is 0. The quantitative estimate of drug-likeness (QED) is 0.832. The molecule has 2 heterocycles. The Morgan fingerprint density at radius 2 is 2.30 bits per heavy atom. The van der Waals surface area contributed by atoms with E-state index in [2.05, 4.69) is 31.0 Å². The molecule has 6 nitrogen and oxygen atoms in total. The molecule has 1 aliphatic rings. The number of nitrogens with zero attached hydrogens (tertiary/aromatic N) is 1. The molecule has 0 amide bonds. The van der Waals surface area contributed by atoms with Crippen LogP contribution < -0.4 is 10.0 Å². The van der Waals surface area contributed by atoms with E-state index in [0.29, 0.717) is 16.9 Å². The number of hydrogen-bond acceptors (Lipinski definition) is 5.